The molecule has 0 fully saturated rings. The van der Waals surface area contributed by atoms with Gasteiger partial charge in [-0.05, 0) is 65.7 Å². The van der Waals surface area contributed by atoms with Crippen LogP contribution in [0.4, 0.5) is 0 Å². The number of hydrogen-bond donors (Lipinski definition) is 0. The van der Waals surface area contributed by atoms with Crippen LogP contribution < -0.4 is 0 Å². The molecule has 0 aliphatic carbocycles. The highest BCUT2D eigenvalue weighted by molar-refractivity contribution is 6.19. The first kappa shape index (κ1) is 31.9. The number of para-hydroxylation sites is 4. The Labute approximate surface area is 323 Å². The highest BCUT2D eigenvalue weighted by atomic mass is 15.0. The second-order valence-corrected chi connectivity index (χ2v) is 14.0. The smallest absolute Gasteiger partial charge is 0.166 e. The predicted molar refractivity (Wildman–Crippen MR) is 230 cm³/mol. The molecule has 8 aromatic carbocycles. The van der Waals surface area contributed by atoms with Gasteiger partial charge in [0, 0.05) is 49.6 Å². The van der Waals surface area contributed by atoms with Crippen LogP contribution in [-0.2, 0) is 0 Å². The highest BCUT2D eigenvalue weighted by Crippen LogP contribution is 2.43. The van der Waals surface area contributed by atoms with Crippen molar-refractivity contribution in [3.05, 3.63) is 200 Å². The van der Waals surface area contributed by atoms with Gasteiger partial charge in [0.2, 0.25) is 0 Å². The third-order valence-electron chi connectivity index (χ3n) is 10.8. The van der Waals surface area contributed by atoms with Crippen LogP contribution in [0.15, 0.2) is 200 Å². The van der Waals surface area contributed by atoms with Crippen LogP contribution in [0.25, 0.3) is 100 Å². The molecule has 0 saturated heterocycles. The van der Waals surface area contributed by atoms with E-state index in [1.165, 1.54) is 32.8 Å². The lowest BCUT2D eigenvalue weighted by Crippen LogP contribution is -2.02. The van der Waals surface area contributed by atoms with Crippen molar-refractivity contribution in [1.82, 2.24) is 24.1 Å². The summed E-state index contributed by atoms with van der Waals surface area (Å²) < 4.78 is 4.74. The normalized spacial score (nSPS) is 11.6. The van der Waals surface area contributed by atoms with E-state index >= 15 is 0 Å². The summed E-state index contributed by atoms with van der Waals surface area (Å²) in [6, 6.07) is 70.3. The molecule has 5 heteroatoms. The second-order valence-electron chi connectivity index (χ2n) is 14.0. The molecule has 0 unspecified atom stereocenters. The van der Waals surface area contributed by atoms with Gasteiger partial charge in [0.25, 0.3) is 0 Å². The quantitative estimate of drug-likeness (QED) is 0.172. The highest BCUT2D eigenvalue weighted by Gasteiger charge is 2.22. The third-order valence-corrected chi connectivity index (χ3v) is 10.8. The van der Waals surface area contributed by atoms with Crippen LogP contribution in [-0.4, -0.2) is 24.1 Å². The van der Waals surface area contributed by atoms with Crippen LogP contribution in [0, 0.1) is 0 Å². The molecule has 0 saturated carbocycles. The summed E-state index contributed by atoms with van der Waals surface area (Å²) in [5, 5.41) is 4.76. The molecule has 262 valence electrons. The zero-order valence-corrected chi connectivity index (χ0v) is 30.3. The average molecular weight is 716 g/mol. The van der Waals surface area contributed by atoms with E-state index in [2.05, 4.69) is 173 Å². The van der Waals surface area contributed by atoms with Gasteiger partial charge in [0.05, 0.1) is 22.1 Å². The standard InChI is InChI=1S/C51H33N5/c1-5-17-34(18-6-1)49-52-50(35-19-7-2-8-20-35)54-51(53-49)42-28-15-27-41-47-39(26-16-30-46(47)56(48(41)42)38-23-11-4-12-24-38)36-31-32-45-43(33-36)40-25-13-14-29-44(40)55(45)37-21-9-3-10-22-37/h1-33H. The van der Waals surface area contributed by atoms with Crippen LogP contribution in [0.3, 0.4) is 0 Å². The summed E-state index contributed by atoms with van der Waals surface area (Å²) in [5.74, 6) is 1.90. The molecule has 3 heterocycles. The molecular formula is C51H33N5. The van der Waals surface area contributed by atoms with E-state index in [0.717, 1.165) is 50.0 Å². The van der Waals surface area contributed by atoms with Gasteiger partial charge in [-0.1, -0.05) is 146 Å². The van der Waals surface area contributed by atoms with E-state index in [4.69, 9.17) is 15.0 Å². The van der Waals surface area contributed by atoms with Gasteiger partial charge in [0.15, 0.2) is 17.5 Å². The van der Waals surface area contributed by atoms with Gasteiger partial charge in [-0.2, -0.15) is 0 Å². The van der Waals surface area contributed by atoms with Crippen molar-refractivity contribution in [3.63, 3.8) is 0 Å². The summed E-state index contributed by atoms with van der Waals surface area (Å²) in [6.45, 7) is 0. The maximum absolute atomic E-state index is 5.19. The van der Waals surface area contributed by atoms with Gasteiger partial charge < -0.3 is 9.13 Å². The first-order valence-corrected chi connectivity index (χ1v) is 18.9. The number of fused-ring (bicyclic) bond motifs is 6. The Hall–Kier alpha value is -7.63. The fourth-order valence-electron chi connectivity index (χ4n) is 8.31. The zero-order chi connectivity index (χ0) is 37.0. The van der Waals surface area contributed by atoms with Crippen LogP contribution in [0.5, 0.6) is 0 Å². The molecule has 0 amide bonds. The van der Waals surface area contributed by atoms with Crippen molar-refractivity contribution in [3.8, 4) is 56.7 Å². The molecule has 56 heavy (non-hydrogen) atoms. The Morgan fingerprint density at radius 1 is 0.304 bits per heavy atom. The maximum atomic E-state index is 5.19. The van der Waals surface area contributed by atoms with Crippen molar-refractivity contribution in [2.24, 2.45) is 0 Å². The Bertz CT molecular complexity index is 3160. The monoisotopic (exact) mass is 715 g/mol. The Morgan fingerprint density at radius 3 is 1.48 bits per heavy atom. The van der Waals surface area contributed by atoms with E-state index in [1.54, 1.807) is 0 Å². The molecule has 0 aliphatic heterocycles. The van der Waals surface area contributed by atoms with E-state index in [-0.39, 0.29) is 0 Å². The minimum atomic E-state index is 0.625. The van der Waals surface area contributed by atoms with E-state index < -0.39 is 0 Å². The van der Waals surface area contributed by atoms with E-state index in [9.17, 15) is 0 Å². The van der Waals surface area contributed by atoms with Gasteiger partial charge >= 0.3 is 0 Å². The Kier molecular flexibility index (Phi) is 7.42. The molecule has 0 radical (unpaired) electrons. The van der Waals surface area contributed by atoms with Crippen LogP contribution in [0.2, 0.25) is 0 Å². The number of hydrogen-bond acceptors (Lipinski definition) is 3. The Morgan fingerprint density at radius 2 is 0.804 bits per heavy atom. The molecular weight excluding hydrogens is 683 g/mol. The van der Waals surface area contributed by atoms with Gasteiger partial charge in [-0.25, -0.2) is 15.0 Å². The van der Waals surface area contributed by atoms with Crippen molar-refractivity contribution < 1.29 is 0 Å². The van der Waals surface area contributed by atoms with Gasteiger partial charge in [-0.15, -0.1) is 0 Å². The number of benzene rings is 8. The molecule has 5 nitrogen and oxygen atoms in total. The molecule has 3 aromatic heterocycles. The van der Waals surface area contributed by atoms with Crippen molar-refractivity contribution in [1.29, 1.82) is 0 Å². The van der Waals surface area contributed by atoms with Crippen molar-refractivity contribution in [2.75, 3.05) is 0 Å². The second kappa shape index (κ2) is 13.0. The predicted octanol–water partition coefficient (Wildman–Crippen LogP) is 12.7. The van der Waals surface area contributed by atoms with E-state index in [1.807, 2.05) is 36.4 Å². The minimum absolute atomic E-state index is 0.625. The van der Waals surface area contributed by atoms with E-state index in [0.29, 0.717) is 17.5 Å². The first-order chi connectivity index (χ1) is 27.8. The SMILES string of the molecule is c1ccc(-c2nc(-c3ccccc3)nc(-c3cccc4c5c(-c6ccc7c(c6)c6ccccc6n7-c6ccccc6)cccc5n(-c5ccccc5)c34)n2)cc1. The number of aromatic nitrogens is 5. The fourth-order valence-corrected chi connectivity index (χ4v) is 8.31. The van der Waals surface area contributed by atoms with Gasteiger partial charge in [-0.3, -0.25) is 0 Å². The topological polar surface area (TPSA) is 48.5 Å². The molecule has 0 aliphatic rings. The van der Waals surface area contributed by atoms with Crippen LogP contribution >= 0.6 is 0 Å². The lowest BCUT2D eigenvalue weighted by Gasteiger charge is -2.12. The van der Waals surface area contributed by atoms with Gasteiger partial charge in [0.1, 0.15) is 0 Å². The molecule has 0 bridgehead atoms. The Balaban J connectivity index is 1.19. The average Bonchev–Trinajstić information content (AvgIpc) is 3.80. The summed E-state index contributed by atoms with van der Waals surface area (Å²) in [7, 11) is 0. The number of nitrogens with zero attached hydrogens (tertiary/aromatic N) is 5. The first-order valence-electron chi connectivity index (χ1n) is 18.9. The number of rotatable bonds is 6. The lowest BCUT2D eigenvalue weighted by molar-refractivity contribution is 1.07. The minimum Gasteiger partial charge on any atom is -0.309 e. The molecule has 0 spiro atoms. The third kappa shape index (κ3) is 5.13. The van der Waals surface area contributed by atoms with Crippen molar-refractivity contribution in [2.45, 2.75) is 0 Å². The summed E-state index contributed by atoms with van der Waals surface area (Å²) >= 11 is 0. The largest absolute Gasteiger partial charge is 0.309 e. The van der Waals surface area contributed by atoms with Crippen molar-refractivity contribution >= 4 is 43.6 Å². The molecule has 11 rings (SSSR count). The lowest BCUT2D eigenvalue weighted by atomic mass is 9.97. The summed E-state index contributed by atoms with van der Waals surface area (Å²) in [5.41, 5.74) is 11.9. The fraction of sp³-hybridized carbons (Fsp3) is 0. The molecule has 0 atom stereocenters. The molecule has 11 aromatic rings. The summed E-state index contributed by atoms with van der Waals surface area (Å²) in [4.78, 5) is 15.4. The maximum Gasteiger partial charge on any atom is 0.166 e. The molecule has 0 N–H and O–H groups in total. The summed E-state index contributed by atoms with van der Waals surface area (Å²) in [6.07, 6.45) is 0. The zero-order valence-electron chi connectivity index (χ0n) is 30.3. The van der Waals surface area contributed by atoms with Crippen LogP contribution in [0.1, 0.15) is 0 Å².